The monoisotopic (exact) mass is 215 g/mol. The molecule has 2 heteroatoms. The van der Waals surface area contributed by atoms with E-state index in [1.165, 1.54) is 10.9 Å². The van der Waals surface area contributed by atoms with Crippen LogP contribution in [-0.2, 0) is 0 Å². The predicted molar refractivity (Wildman–Crippen MR) is 68.0 cm³/mol. The highest BCUT2D eigenvalue weighted by molar-refractivity contribution is 5.89. The van der Waals surface area contributed by atoms with E-state index in [2.05, 4.69) is 31.2 Å². The molecule has 0 aliphatic heterocycles. The maximum absolute atomic E-state index is 5.69. The SMILES string of the molecule is COc1cccc2ccc(C(C)CN)cc12. The van der Waals surface area contributed by atoms with Crippen molar-refractivity contribution in [2.45, 2.75) is 12.8 Å². The largest absolute Gasteiger partial charge is 0.496 e. The van der Waals surface area contributed by atoms with Gasteiger partial charge in [-0.25, -0.2) is 0 Å². The molecule has 0 heterocycles. The Hall–Kier alpha value is -1.54. The maximum atomic E-state index is 5.69. The van der Waals surface area contributed by atoms with Crippen LogP contribution in [0, 0.1) is 0 Å². The van der Waals surface area contributed by atoms with Crippen LogP contribution in [0.1, 0.15) is 18.4 Å². The van der Waals surface area contributed by atoms with Gasteiger partial charge < -0.3 is 10.5 Å². The number of hydrogen-bond acceptors (Lipinski definition) is 2. The van der Waals surface area contributed by atoms with Gasteiger partial charge in [0, 0.05) is 5.39 Å². The highest BCUT2D eigenvalue weighted by atomic mass is 16.5. The van der Waals surface area contributed by atoms with Crippen LogP contribution < -0.4 is 10.5 Å². The summed E-state index contributed by atoms with van der Waals surface area (Å²) in [6.07, 6.45) is 0. The molecule has 0 aromatic heterocycles. The Morgan fingerprint density at radius 2 is 2.06 bits per heavy atom. The van der Waals surface area contributed by atoms with Crippen LogP contribution in [-0.4, -0.2) is 13.7 Å². The minimum absolute atomic E-state index is 0.384. The third-order valence-corrected chi connectivity index (χ3v) is 3.01. The Labute approximate surface area is 96.0 Å². The van der Waals surface area contributed by atoms with Gasteiger partial charge in [-0.2, -0.15) is 0 Å². The van der Waals surface area contributed by atoms with Crippen LogP contribution in [0.3, 0.4) is 0 Å². The van der Waals surface area contributed by atoms with Crippen molar-refractivity contribution in [1.29, 1.82) is 0 Å². The second kappa shape index (κ2) is 4.54. The van der Waals surface area contributed by atoms with Crippen molar-refractivity contribution < 1.29 is 4.74 Å². The number of ether oxygens (including phenoxy) is 1. The summed E-state index contributed by atoms with van der Waals surface area (Å²) >= 11 is 0. The van der Waals surface area contributed by atoms with E-state index in [0.29, 0.717) is 12.5 Å². The van der Waals surface area contributed by atoms with E-state index in [9.17, 15) is 0 Å². The van der Waals surface area contributed by atoms with E-state index in [-0.39, 0.29) is 0 Å². The van der Waals surface area contributed by atoms with Gasteiger partial charge in [-0.15, -0.1) is 0 Å². The zero-order chi connectivity index (χ0) is 11.5. The summed E-state index contributed by atoms with van der Waals surface area (Å²) in [5.41, 5.74) is 6.95. The van der Waals surface area contributed by atoms with Gasteiger partial charge >= 0.3 is 0 Å². The lowest BCUT2D eigenvalue weighted by atomic mass is 9.97. The van der Waals surface area contributed by atoms with Crippen molar-refractivity contribution >= 4 is 10.8 Å². The number of hydrogen-bond donors (Lipinski definition) is 1. The lowest BCUT2D eigenvalue weighted by Crippen LogP contribution is -2.08. The molecule has 2 N–H and O–H groups in total. The normalized spacial score (nSPS) is 12.7. The van der Waals surface area contributed by atoms with Gasteiger partial charge in [-0.05, 0) is 35.5 Å². The Morgan fingerprint density at radius 1 is 1.25 bits per heavy atom. The number of nitrogens with two attached hydrogens (primary N) is 1. The topological polar surface area (TPSA) is 35.2 Å². The third kappa shape index (κ3) is 1.89. The van der Waals surface area contributed by atoms with E-state index >= 15 is 0 Å². The first-order valence-electron chi connectivity index (χ1n) is 5.53. The Bertz CT molecular complexity index is 493. The zero-order valence-corrected chi connectivity index (χ0v) is 9.73. The van der Waals surface area contributed by atoms with Crippen molar-refractivity contribution in [3.8, 4) is 5.75 Å². The molecule has 16 heavy (non-hydrogen) atoms. The summed E-state index contributed by atoms with van der Waals surface area (Å²) < 4.78 is 5.36. The second-order valence-corrected chi connectivity index (χ2v) is 4.08. The van der Waals surface area contributed by atoms with Crippen LogP contribution in [0.5, 0.6) is 5.75 Å². The standard InChI is InChI=1S/C14H17NO/c1-10(9-15)12-7-6-11-4-3-5-14(16-2)13(11)8-12/h3-8,10H,9,15H2,1-2H3. The number of rotatable bonds is 3. The molecular formula is C14H17NO. The lowest BCUT2D eigenvalue weighted by molar-refractivity contribution is 0.420. The van der Waals surface area contributed by atoms with Crippen molar-refractivity contribution in [1.82, 2.24) is 0 Å². The fourth-order valence-corrected chi connectivity index (χ4v) is 1.88. The first-order chi connectivity index (χ1) is 7.76. The summed E-state index contributed by atoms with van der Waals surface area (Å²) in [7, 11) is 1.70. The molecule has 2 aromatic carbocycles. The summed E-state index contributed by atoms with van der Waals surface area (Å²) in [4.78, 5) is 0. The van der Waals surface area contributed by atoms with Gasteiger partial charge in [0.1, 0.15) is 5.75 Å². The zero-order valence-electron chi connectivity index (χ0n) is 9.73. The molecule has 0 spiro atoms. The number of benzene rings is 2. The Kier molecular flexibility index (Phi) is 3.11. The molecule has 0 amide bonds. The summed E-state index contributed by atoms with van der Waals surface area (Å²) in [5, 5.41) is 2.36. The Morgan fingerprint density at radius 3 is 2.75 bits per heavy atom. The summed E-state index contributed by atoms with van der Waals surface area (Å²) in [5.74, 6) is 1.30. The van der Waals surface area contributed by atoms with Gasteiger partial charge in [0.05, 0.1) is 7.11 Å². The average molecular weight is 215 g/mol. The fourth-order valence-electron chi connectivity index (χ4n) is 1.88. The van der Waals surface area contributed by atoms with Crippen molar-refractivity contribution in [3.63, 3.8) is 0 Å². The number of methoxy groups -OCH3 is 1. The van der Waals surface area contributed by atoms with Crippen molar-refractivity contribution in [3.05, 3.63) is 42.0 Å². The molecule has 2 aromatic rings. The molecule has 2 nitrogen and oxygen atoms in total. The molecule has 0 radical (unpaired) electrons. The molecule has 0 saturated carbocycles. The van der Waals surface area contributed by atoms with Crippen LogP contribution in [0.25, 0.3) is 10.8 Å². The lowest BCUT2D eigenvalue weighted by Gasteiger charge is -2.11. The van der Waals surface area contributed by atoms with Crippen molar-refractivity contribution in [2.75, 3.05) is 13.7 Å². The van der Waals surface area contributed by atoms with Gasteiger partial charge in [0.15, 0.2) is 0 Å². The minimum atomic E-state index is 0.384. The van der Waals surface area contributed by atoms with Crippen LogP contribution in [0.15, 0.2) is 36.4 Å². The van der Waals surface area contributed by atoms with E-state index in [4.69, 9.17) is 10.5 Å². The van der Waals surface area contributed by atoms with Gasteiger partial charge in [-0.1, -0.05) is 31.2 Å². The molecule has 84 valence electrons. The molecular weight excluding hydrogens is 198 g/mol. The second-order valence-electron chi connectivity index (χ2n) is 4.08. The van der Waals surface area contributed by atoms with Gasteiger partial charge in [-0.3, -0.25) is 0 Å². The first-order valence-corrected chi connectivity index (χ1v) is 5.53. The predicted octanol–water partition coefficient (Wildman–Crippen LogP) is 2.91. The van der Waals surface area contributed by atoms with Gasteiger partial charge in [0.25, 0.3) is 0 Å². The van der Waals surface area contributed by atoms with Crippen LogP contribution in [0.4, 0.5) is 0 Å². The van der Waals surface area contributed by atoms with E-state index in [0.717, 1.165) is 11.1 Å². The smallest absolute Gasteiger partial charge is 0.126 e. The molecule has 1 unspecified atom stereocenters. The fraction of sp³-hybridized carbons (Fsp3) is 0.286. The molecule has 0 saturated heterocycles. The number of fused-ring (bicyclic) bond motifs is 1. The van der Waals surface area contributed by atoms with Gasteiger partial charge in [0.2, 0.25) is 0 Å². The molecule has 0 aliphatic carbocycles. The summed E-state index contributed by atoms with van der Waals surface area (Å²) in [6.45, 7) is 2.80. The van der Waals surface area contributed by atoms with Crippen molar-refractivity contribution in [2.24, 2.45) is 5.73 Å². The highest BCUT2D eigenvalue weighted by Gasteiger charge is 2.06. The third-order valence-electron chi connectivity index (χ3n) is 3.01. The molecule has 0 fully saturated rings. The summed E-state index contributed by atoms with van der Waals surface area (Å²) in [6, 6.07) is 12.5. The Balaban J connectivity index is 2.59. The molecule has 0 bridgehead atoms. The quantitative estimate of drug-likeness (QED) is 0.854. The van der Waals surface area contributed by atoms with E-state index in [1.54, 1.807) is 7.11 Å². The highest BCUT2D eigenvalue weighted by Crippen LogP contribution is 2.28. The average Bonchev–Trinajstić information content (AvgIpc) is 2.36. The minimum Gasteiger partial charge on any atom is -0.496 e. The maximum Gasteiger partial charge on any atom is 0.126 e. The van der Waals surface area contributed by atoms with E-state index < -0.39 is 0 Å². The molecule has 0 aliphatic rings. The van der Waals surface area contributed by atoms with E-state index in [1.807, 2.05) is 12.1 Å². The molecule has 2 rings (SSSR count). The first kappa shape index (κ1) is 11.0. The van der Waals surface area contributed by atoms with Crippen LogP contribution >= 0.6 is 0 Å². The molecule has 1 atom stereocenters. The van der Waals surface area contributed by atoms with Crippen LogP contribution in [0.2, 0.25) is 0 Å².